The lowest BCUT2D eigenvalue weighted by Crippen LogP contribution is -2.54. The van der Waals surface area contributed by atoms with Crippen molar-refractivity contribution in [1.82, 2.24) is 5.32 Å². The number of furan rings is 1. The summed E-state index contributed by atoms with van der Waals surface area (Å²) in [4.78, 5) is 27.3. The van der Waals surface area contributed by atoms with Gasteiger partial charge in [-0.25, -0.2) is 4.39 Å². The van der Waals surface area contributed by atoms with Gasteiger partial charge in [-0.3, -0.25) is 19.8 Å². The number of nitrogens with one attached hydrogen (secondary N) is 1. The van der Waals surface area contributed by atoms with E-state index in [-0.39, 0.29) is 16.4 Å². The highest BCUT2D eigenvalue weighted by atomic mass is 35.5. The summed E-state index contributed by atoms with van der Waals surface area (Å²) in [6.45, 7) is 0. The maximum absolute atomic E-state index is 13.6. The Morgan fingerprint density at radius 3 is 2.60 bits per heavy atom. The number of carbonyl (C=O) groups excluding carboxylic acids is 2. The van der Waals surface area contributed by atoms with Crippen LogP contribution in [0.25, 0.3) is 6.08 Å². The summed E-state index contributed by atoms with van der Waals surface area (Å²) in [5, 5.41) is 3.53. The second-order valence-corrected chi connectivity index (χ2v) is 8.05. The zero-order chi connectivity index (χ0) is 21.3. The molecule has 1 N–H and O–H groups in total. The predicted octanol–water partition coefficient (Wildman–Crippen LogP) is 5.05. The van der Waals surface area contributed by atoms with Crippen LogP contribution in [-0.2, 0) is 9.59 Å². The van der Waals surface area contributed by atoms with Crippen molar-refractivity contribution in [3.63, 3.8) is 0 Å². The van der Waals surface area contributed by atoms with Crippen LogP contribution in [0, 0.1) is 5.82 Å². The van der Waals surface area contributed by atoms with E-state index in [0.717, 1.165) is 15.9 Å². The van der Waals surface area contributed by atoms with E-state index in [1.165, 1.54) is 36.0 Å². The molecular weight excluding hydrogens is 447 g/mol. The summed E-state index contributed by atoms with van der Waals surface area (Å²) in [6.07, 6.45) is 1.33. The molecule has 0 aliphatic carbocycles. The Hall–Kier alpha value is -2.94. The summed E-state index contributed by atoms with van der Waals surface area (Å²) in [6, 6.07) is 16.0. The molecule has 1 aromatic heterocycles. The van der Waals surface area contributed by atoms with Gasteiger partial charge in [-0.1, -0.05) is 29.4 Å². The van der Waals surface area contributed by atoms with E-state index in [0.29, 0.717) is 15.9 Å². The Morgan fingerprint density at radius 2 is 1.87 bits per heavy atom. The minimum Gasteiger partial charge on any atom is -0.450 e. The fourth-order valence-corrected chi connectivity index (χ4v) is 3.92. The van der Waals surface area contributed by atoms with Gasteiger partial charge in [-0.2, -0.15) is 0 Å². The van der Waals surface area contributed by atoms with Gasteiger partial charge in [-0.15, -0.1) is 0 Å². The second-order valence-electron chi connectivity index (χ2n) is 6.15. The number of halogens is 2. The first-order chi connectivity index (χ1) is 14.4. The fourth-order valence-electron chi connectivity index (χ4n) is 2.74. The number of carbonyl (C=O) groups is 2. The van der Waals surface area contributed by atoms with Gasteiger partial charge in [0.2, 0.25) is 0 Å². The predicted molar refractivity (Wildman–Crippen MR) is 117 cm³/mol. The van der Waals surface area contributed by atoms with Crippen LogP contribution in [0.3, 0.4) is 0 Å². The van der Waals surface area contributed by atoms with Gasteiger partial charge in [-0.05, 0) is 72.9 Å². The average Bonchev–Trinajstić information content (AvgIpc) is 3.14. The molecule has 0 radical (unpaired) electrons. The lowest BCUT2D eigenvalue weighted by atomic mass is 10.1. The third kappa shape index (κ3) is 4.30. The van der Waals surface area contributed by atoms with Crippen molar-refractivity contribution in [2.75, 3.05) is 4.90 Å². The van der Waals surface area contributed by atoms with Crippen LogP contribution in [0.15, 0.2) is 80.6 Å². The normalized spacial score (nSPS) is 15.6. The van der Waals surface area contributed by atoms with Crippen LogP contribution in [-0.4, -0.2) is 16.9 Å². The van der Waals surface area contributed by atoms with Crippen LogP contribution < -0.4 is 10.2 Å². The number of amides is 2. The maximum Gasteiger partial charge on any atom is 0.270 e. The van der Waals surface area contributed by atoms with Crippen molar-refractivity contribution < 1.29 is 18.4 Å². The molecule has 2 heterocycles. The lowest BCUT2D eigenvalue weighted by Gasteiger charge is -2.28. The molecule has 0 saturated carbocycles. The van der Waals surface area contributed by atoms with Crippen molar-refractivity contribution in [2.24, 2.45) is 0 Å². The van der Waals surface area contributed by atoms with Gasteiger partial charge >= 0.3 is 0 Å². The molecule has 3 aromatic rings. The van der Waals surface area contributed by atoms with Gasteiger partial charge in [0.1, 0.15) is 17.2 Å². The summed E-state index contributed by atoms with van der Waals surface area (Å²) in [5.41, 5.74) is 0.0413. The van der Waals surface area contributed by atoms with Crippen LogP contribution >= 0.6 is 35.6 Å². The van der Waals surface area contributed by atoms with Crippen molar-refractivity contribution in [3.05, 3.63) is 82.8 Å². The van der Waals surface area contributed by atoms with Gasteiger partial charge in [0.25, 0.3) is 11.8 Å². The third-order valence-corrected chi connectivity index (χ3v) is 5.55. The summed E-state index contributed by atoms with van der Waals surface area (Å²) >= 11 is 12.4. The zero-order valence-corrected chi connectivity index (χ0v) is 17.5. The highest BCUT2D eigenvalue weighted by Gasteiger charge is 2.34. The summed E-state index contributed by atoms with van der Waals surface area (Å²) in [5.74, 6) is -1.53. The molecule has 9 heteroatoms. The monoisotopic (exact) mass is 458 g/mol. The van der Waals surface area contributed by atoms with Gasteiger partial charge in [0.05, 0.1) is 5.69 Å². The quantitative estimate of drug-likeness (QED) is 0.336. The third-order valence-electron chi connectivity index (χ3n) is 4.09. The number of nitrogens with zero attached hydrogens (tertiary/aromatic N) is 1. The maximum atomic E-state index is 13.6. The van der Waals surface area contributed by atoms with Crippen molar-refractivity contribution >= 4 is 64.3 Å². The molecule has 30 heavy (non-hydrogen) atoms. The molecule has 0 unspecified atom stereocenters. The summed E-state index contributed by atoms with van der Waals surface area (Å²) < 4.78 is 19.3. The van der Waals surface area contributed by atoms with E-state index >= 15 is 0 Å². The zero-order valence-electron chi connectivity index (χ0n) is 15.1. The molecule has 0 spiro atoms. The SMILES string of the molecule is O=C1NC(=S)N(c2cccc(F)c2)C(=O)/C1=C/c1ccc(Sc2ccc(Cl)cc2)o1. The molecule has 0 atom stereocenters. The molecule has 2 aromatic carbocycles. The number of hydrogen-bond donors (Lipinski definition) is 1. The van der Waals surface area contributed by atoms with Crippen molar-refractivity contribution in [2.45, 2.75) is 9.99 Å². The number of benzene rings is 2. The molecule has 1 aliphatic heterocycles. The second kappa shape index (κ2) is 8.43. The fraction of sp³-hybridized carbons (Fsp3) is 0. The van der Waals surface area contributed by atoms with E-state index in [9.17, 15) is 14.0 Å². The van der Waals surface area contributed by atoms with Crippen LogP contribution in [0.4, 0.5) is 10.1 Å². The van der Waals surface area contributed by atoms with Crippen LogP contribution in [0.5, 0.6) is 0 Å². The van der Waals surface area contributed by atoms with Crippen molar-refractivity contribution in [1.29, 1.82) is 0 Å². The minimum absolute atomic E-state index is 0.119. The van der Waals surface area contributed by atoms with Crippen LogP contribution in [0.1, 0.15) is 5.76 Å². The minimum atomic E-state index is -0.669. The summed E-state index contributed by atoms with van der Waals surface area (Å²) in [7, 11) is 0. The van der Waals surface area contributed by atoms with E-state index in [4.69, 9.17) is 28.2 Å². The Labute approximate surface area is 185 Å². The first-order valence-corrected chi connectivity index (χ1v) is 10.2. The number of hydrogen-bond acceptors (Lipinski definition) is 5. The number of thiocarbonyl (C=S) groups is 1. The van der Waals surface area contributed by atoms with Gasteiger partial charge in [0, 0.05) is 9.92 Å². The molecule has 1 fully saturated rings. The van der Waals surface area contributed by atoms with Crippen molar-refractivity contribution in [3.8, 4) is 0 Å². The van der Waals surface area contributed by atoms with E-state index < -0.39 is 17.6 Å². The topological polar surface area (TPSA) is 62.6 Å². The lowest BCUT2D eigenvalue weighted by molar-refractivity contribution is -0.122. The Balaban J connectivity index is 1.60. The highest BCUT2D eigenvalue weighted by molar-refractivity contribution is 7.99. The Bertz CT molecular complexity index is 1190. The first kappa shape index (κ1) is 20.3. The van der Waals surface area contributed by atoms with Gasteiger partial charge in [0.15, 0.2) is 10.2 Å². The molecule has 4 rings (SSSR count). The molecule has 1 aliphatic rings. The smallest absolute Gasteiger partial charge is 0.270 e. The molecule has 150 valence electrons. The van der Waals surface area contributed by atoms with Crippen LogP contribution in [0.2, 0.25) is 5.02 Å². The van der Waals surface area contributed by atoms with E-state index in [2.05, 4.69) is 5.32 Å². The number of anilines is 1. The molecule has 2 amide bonds. The molecule has 5 nitrogen and oxygen atoms in total. The Morgan fingerprint density at radius 1 is 1.10 bits per heavy atom. The van der Waals surface area contributed by atoms with E-state index in [1.54, 1.807) is 24.3 Å². The molecule has 0 bridgehead atoms. The standard InChI is InChI=1S/C21H12ClFN2O3S2/c22-12-4-7-16(8-5-12)30-18-9-6-15(28-18)11-17-19(26)24-21(29)25(20(17)27)14-3-1-2-13(23)10-14/h1-11H,(H,24,26,29)/b17-11+. The van der Waals surface area contributed by atoms with E-state index in [1.807, 2.05) is 12.1 Å². The Kier molecular flexibility index (Phi) is 5.72. The average molecular weight is 459 g/mol. The molecule has 1 saturated heterocycles. The van der Waals surface area contributed by atoms with Gasteiger partial charge < -0.3 is 4.42 Å². The first-order valence-electron chi connectivity index (χ1n) is 8.61. The number of rotatable bonds is 4. The highest BCUT2D eigenvalue weighted by Crippen LogP contribution is 2.31. The molecular formula is C21H12ClFN2O3S2. The largest absolute Gasteiger partial charge is 0.450 e.